The van der Waals surface area contributed by atoms with Crippen molar-refractivity contribution in [3.05, 3.63) is 47.4 Å². The van der Waals surface area contributed by atoms with Crippen LogP contribution >= 0.6 is 11.3 Å². The number of hydrogen-bond acceptors (Lipinski definition) is 4. The third kappa shape index (κ3) is 3.35. The number of nitrogens with zero attached hydrogens (tertiary/aromatic N) is 1. The maximum absolute atomic E-state index is 10.4. The minimum absolute atomic E-state index is 0.262. The summed E-state index contributed by atoms with van der Waals surface area (Å²) in [6, 6.07) is 8.14. The van der Waals surface area contributed by atoms with Gasteiger partial charge in [-0.2, -0.15) is 0 Å². The Morgan fingerprint density at radius 2 is 2.25 bits per heavy atom. The number of allylic oxidation sites excluding steroid dienone is 2. The first-order valence-electron chi connectivity index (χ1n) is 8.69. The zero-order valence-electron chi connectivity index (χ0n) is 13.8. The second kappa shape index (κ2) is 6.99. The molecule has 0 bridgehead atoms. The molecule has 0 saturated heterocycles. The van der Waals surface area contributed by atoms with Crippen LogP contribution in [0.15, 0.2) is 41.8 Å². The maximum Gasteiger partial charge on any atom is 0.165 e. The summed E-state index contributed by atoms with van der Waals surface area (Å²) < 4.78 is 5.87. The molecule has 1 N–H and O–H groups in total. The summed E-state index contributed by atoms with van der Waals surface area (Å²) in [5.74, 6) is 1.67. The smallest absolute Gasteiger partial charge is 0.165 e. The van der Waals surface area contributed by atoms with E-state index in [1.807, 2.05) is 12.1 Å². The molecule has 24 heavy (non-hydrogen) atoms. The number of phenols is 1. The Morgan fingerprint density at radius 3 is 3.04 bits per heavy atom. The number of ether oxygens (including phenoxy) is 1. The number of thiophene rings is 1. The van der Waals surface area contributed by atoms with Crippen LogP contribution in [0.4, 0.5) is 0 Å². The zero-order valence-corrected chi connectivity index (χ0v) is 14.6. The summed E-state index contributed by atoms with van der Waals surface area (Å²) in [6.45, 7) is 3.52. The van der Waals surface area contributed by atoms with Gasteiger partial charge >= 0.3 is 0 Å². The van der Waals surface area contributed by atoms with Gasteiger partial charge in [-0.05, 0) is 54.3 Å². The number of rotatable bonds is 3. The predicted molar refractivity (Wildman–Crippen MR) is 98.7 cm³/mol. The van der Waals surface area contributed by atoms with Crippen molar-refractivity contribution < 1.29 is 9.84 Å². The first-order chi connectivity index (χ1) is 11.8. The van der Waals surface area contributed by atoms with Crippen LogP contribution in [0, 0.1) is 5.92 Å². The molecule has 1 aromatic heterocycles. The molecule has 3 nitrogen and oxygen atoms in total. The maximum atomic E-state index is 10.4. The topological polar surface area (TPSA) is 32.7 Å². The molecule has 0 saturated carbocycles. The van der Waals surface area contributed by atoms with Crippen molar-refractivity contribution in [2.24, 2.45) is 5.92 Å². The summed E-state index contributed by atoms with van der Waals surface area (Å²) in [6.07, 6.45) is 8.28. The molecule has 2 aromatic rings. The molecule has 1 aromatic carbocycles. The number of benzene rings is 1. The van der Waals surface area contributed by atoms with Gasteiger partial charge < -0.3 is 9.84 Å². The minimum Gasteiger partial charge on any atom is -0.504 e. The third-order valence-electron chi connectivity index (χ3n) is 4.89. The minimum atomic E-state index is 0.262. The number of aromatic hydroxyl groups is 1. The van der Waals surface area contributed by atoms with E-state index in [-0.39, 0.29) is 5.75 Å². The van der Waals surface area contributed by atoms with Crippen molar-refractivity contribution >= 4 is 11.3 Å². The van der Waals surface area contributed by atoms with Crippen molar-refractivity contribution in [2.75, 3.05) is 19.7 Å². The van der Waals surface area contributed by atoms with E-state index in [0.717, 1.165) is 36.7 Å². The molecule has 4 rings (SSSR count). The molecule has 0 unspecified atom stereocenters. The fourth-order valence-electron chi connectivity index (χ4n) is 3.68. The van der Waals surface area contributed by atoms with Crippen LogP contribution in [0.3, 0.4) is 0 Å². The predicted octanol–water partition coefficient (Wildman–Crippen LogP) is 4.67. The average molecular weight is 341 g/mol. The first-order valence-corrected chi connectivity index (χ1v) is 9.57. The SMILES string of the molecule is Oc1cc(-c2cccs2)cc2c1OCCN(C[C@H]1CC=CCC1)C2. The van der Waals surface area contributed by atoms with Crippen LogP contribution < -0.4 is 4.74 Å². The van der Waals surface area contributed by atoms with Crippen molar-refractivity contribution in [1.82, 2.24) is 4.90 Å². The van der Waals surface area contributed by atoms with Gasteiger partial charge in [-0.25, -0.2) is 0 Å². The largest absolute Gasteiger partial charge is 0.504 e. The summed E-state index contributed by atoms with van der Waals surface area (Å²) in [5, 5.41) is 12.5. The van der Waals surface area contributed by atoms with E-state index in [1.165, 1.54) is 24.1 Å². The van der Waals surface area contributed by atoms with E-state index in [9.17, 15) is 5.11 Å². The lowest BCUT2D eigenvalue weighted by Gasteiger charge is -2.26. The Kier molecular flexibility index (Phi) is 4.58. The van der Waals surface area contributed by atoms with Gasteiger partial charge in [-0.15, -0.1) is 11.3 Å². The van der Waals surface area contributed by atoms with Crippen molar-refractivity contribution in [1.29, 1.82) is 0 Å². The highest BCUT2D eigenvalue weighted by Gasteiger charge is 2.22. The number of hydrogen-bond donors (Lipinski definition) is 1. The Morgan fingerprint density at radius 1 is 1.29 bits per heavy atom. The summed E-state index contributed by atoms with van der Waals surface area (Å²) in [4.78, 5) is 3.66. The first kappa shape index (κ1) is 15.7. The fourth-order valence-corrected chi connectivity index (χ4v) is 4.40. The molecule has 126 valence electrons. The molecule has 4 heteroatoms. The van der Waals surface area contributed by atoms with Crippen LogP contribution in [0.2, 0.25) is 0 Å². The van der Waals surface area contributed by atoms with Crippen LogP contribution in [0.25, 0.3) is 10.4 Å². The van der Waals surface area contributed by atoms with Gasteiger partial charge in [0.2, 0.25) is 0 Å². The second-order valence-electron chi connectivity index (χ2n) is 6.69. The molecule has 0 amide bonds. The van der Waals surface area contributed by atoms with Crippen LogP contribution in [0.1, 0.15) is 24.8 Å². The van der Waals surface area contributed by atoms with Crippen LogP contribution in [-0.4, -0.2) is 29.7 Å². The highest BCUT2D eigenvalue weighted by Crippen LogP contribution is 2.39. The Bertz CT molecular complexity index is 723. The third-order valence-corrected chi connectivity index (χ3v) is 5.81. The number of phenolic OH excluding ortho intramolecular Hbond substituents is 1. The summed E-state index contributed by atoms with van der Waals surface area (Å²) in [5.41, 5.74) is 2.18. The molecule has 0 spiro atoms. The van der Waals surface area contributed by atoms with E-state index < -0.39 is 0 Å². The molecule has 2 heterocycles. The van der Waals surface area contributed by atoms with Gasteiger partial charge in [0, 0.05) is 30.1 Å². The zero-order chi connectivity index (χ0) is 16.4. The van der Waals surface area contributed by atoms with Crippen LogP contribution in [0.5, 0.6) is 11.5 Å². The number of fused-ring (bicyclic) bond motifs is 1. The molecular formula is C20H23NO2S. The van der Waals surface area contributed by atoms with Gasteiger partial charge in [0.1, 0.15) is 6.61 Å². The molecule has 0 radical (unpaired) electrons. The average Bonchev–Trinajstić information content (AvgIpc) is 3.05. The van der Waals surface area contributed by atoms with Gasteiger partial charge in [-0.1, -0.05) is 18.2 Å². The van der Waals surface area contributed by atoms with E-state index in [1.54, 1.807) is 11.3 Å². The van der Waals surface area contributed by atoms with E-state index in [0.29, 0.717) is 12.4 Å². The molecular weight excluding hydrogens is 318 g/mol. The lowest BCUT2D eigenvalue weighted by Crippen LogP contribution is -2.31. The van der Waals surface area contributed by atoms with Crippen molar-refractivity contribution in [3.63, 3.8) is 0 Å². The molecule has 1 atom stereocenters. The van der Waals surface area contributed by atoms with Gasteiger partial charge in [0.15, 0.2) is 11.5 Å². The van der Waals surface area contributed by atoms with Crippen molar-refractivity contribution in [2.45, 2.75) is 25.8 Å². The van der Waals surface area contributed by atoms with Gasteiger partial charge in [-0.3, -0.25) is 4.90 Å². The Hall–Kier alpha value is -1.78. The van der Waals surface area contributed by atoms with Gasteiger partial charge in [0.05, 0.1) is 0 Å². The van der Waals surface area contributed by atoms with E-state index in [4.69, 9.17) is 4.74 Å². The van der Waals surface area contributed by atoms with E-state index in [2.05, 4.69) is 34.6 Å². The van der Waals surface area contributed by atoms with Crippen LogP contribution in [-0.2, 0) is 6.54 Å². The second-order valence-corrected chi connectivity index (χ2v) is 7.64. The summed E-state index contributed by atoms with van der Waals surface area (Å²) in [7, 11) is 0. The molecule has 1 aliphatic heterocycles. The lowest BCUT2D eigenvalue weighted by molar-refractivity contribution is 0.192. The molecule has 2 aliphatic rings. The lowest BCUT2D eigenvalue weighted by atomic mass is 9.94. The quantitative estimate of drug-likeness (QED) is 0.823. The summed E-state index contributed by atoms with van der Waals surface area (Å²) >= 11 is 1.70. The van der Waals surface area contributed by atoms with Crippen molar-refractivity contribution in [3.8, 4) is 21.9 Å². The van der Waals surface area contributed by atoms with Gasteiger partial charge in [0.25, 0.3) is 0 Å². The Balaban J connectivity index is 1.57. The standard InChI is InChI=1S/C20H23NO2S/c22-18-12-16(19-7-4-10-24-19)11-17-14-21(8-9-23-20(17)18)13-15-5-2-1-3-6-15/h1-2,4,7,10-12,15,22H,3,5-6,8-9,13-14H2/t15-/m0/s1. The molecule has 0 fully saturated rings. The molecule has 1 aliphatic carbocycles. The van der Waals surface area contributed by atoms with E-state index >= 15 is 0 Å². The highest BCUT2D eigenvalue weighted by atomic mass is 32.1. The highest BCUT2D eigenvalue weighted by molar-refractivity contribution is 7.13. The Labute approximate surface area is 147 Å². The fraction of sp³-hybridized carbons (Fsp3) is 0.400. The monoisotopic (exact) mass is 341 g/mol. The normalized spacial score (nSPS) is 21.1.